The van der Waals surface area contributed by atoms with Crippen LogP contribution in [-0.2, 0) is 0 Å². The molecule has 0 aliphatic heterocycles. The van der Waals surface area contributed by atoms with Gasteiger partial charge in [0.25, 0.3) is 0 Å². The van der Waals surface area contributed by atoms with Crippen molar-refractivity contribution in [3.05, 3.63) is 75.2 Å². The van der Waals surface area contributed by atoms with Crippen molar-refractivity contribution in [3.63, 3.8) is 0 Å². The lowest BCUT2D eigenvalue weighted by atomic mass is 10.1. The van der Waals surface area contributed by atoms with E-state index in [9.17, 15) is 5.11 Å². The fourth-order valence-corrected chi connectivity index (χ4v) is 3.48. The van der Waals surface area contributed by atoms with E-state index in [2.05, 4.69) is 25.9 Å². The number of aryl methyl sites for hydroxylation is 1. The zero-order valence-electron chi connectivity index (χ0n) is 14.3. The minimum atomic E-state index is -0.00668. The number of aromatic hydroxyl groups is 1. The molecule has 4 nitrogen and oxygen atoms in total. The first-order valence-corrected chi connectivity index (χ1v) is 9.36. The molecule has 4 aromatic rings. The van der Waals surface area contributed by atoms with Gasteiger partial charge in [0.05, 0.1) is 10.7 Å². The fourth-order valence-electron chi connectivity index (χ4n) is 2.64. The number of phenols is 1. The van der Waals surface area contributed by atoms with Crippen LogP contribution in [0.2, 0.25) is 5.02 Å². The number of nitrogens with zero attached hydrogens (tertiary/aromatic N) is 2. The topological polar surface area (TPSA) is 58.6 Å². The van der Waals surface area contributed by atoms with Crippen LogP contribution in [0.4, 0.5) is 5.69 Å². The maximum absolute atomic E-state index is 10.0. The van der Waals surface area contributed by atoms with Gasteiger partial charge in [-0.15, -0.1) is 0 Å². The number of phenolic OH excluding ortho intramolecular Hbond substituents is 1. The Morgan fingerprint density at radius 1 is 1.11 bits per heavy atom. The second-order valence-electron chi connectivity index (χ2n) is 6.12. The van der Waals surface area contributed by atoms with Crippen LogP contribution in [0.15, 0.2) is 68.5 Å². The van der Waals surface area contributed by atoms with E-state index in [0.717, 1.165) is 15.6 Å². The number of aromatic nitrogens is 1. The van der Waals surface area contributed by atoms with Gasteiger partial charge in [-0.2, -0.15) is 0 Å². The molecule has 3 aromatic carbocycles. The summed E-state index contributed by atoms with van der Waals surface area (Å²) in [6.45, 7) is 2.04. The van der Waals surface area contributed by atoms with Crippen molar-refractivity contribution in [2.24, 2.45) is 4.99 Å². The normalized spacial score (nSPS) is 11.5. The molecule has 4 rings (SSSR count). The van der Waals surface area contributed by atoms with Crippen molar-refractivity contribution in [2.45, 2.75) is 6.92 Å². The maximum atomic E-state index is 10.0. The molecular weight excluding hydrogens is 428 g/mol. The largest absolute Gasteiger partial charge is 0.506 e. The molecule has 0 atom stereocenters. The molecular formula is C21H14BrClN2O2. The first kappa shape index (κ1) is 17.8. The van der Waals surface area contributed by atoms with Crippen LogP contribution in [0.25, 0.3) is 22.6 Å². The maximum Gasteiger partial charge on any atom is 0.227 e. The van der Waals surface area contributed by atoms with Gasteiger partial charge < -0.3 is 9.52 Å². The number of hydrogen-bond donors (Lipinski definition) is 1. The second-order valence-corrected chi connectivity index (χ2v) is 7.44. The molecule has 1 heterocycles. The Labute approximate surface area is 169 Å². The Hall–Kier alpha value is -2.63. The van der Waals surface area contributed by atoms with Gasteiger partial charge >= 0.3 is 0 Å². The first-order chi connectivity index (χ1) is 13.0. The SMILES string of the molecule is Cc1ccc(-c2nc3cc(N=Cc4cc(Br)cc(Cl)c4O)ccc3o2)cc1. The van der Waals surface area contributed by atoms with Crippen molar-refractivity contribution >= 4 is 50.5 Å². The zero-order chi connectivity index (χ0) is 19.0. The molecule has 0 fully saturated rings. The third kappa shape index (κ3) is 3.75. The van der Waals surface area contributed by atoms with E-state index in [-0.39, 0.29) is 10.8 Å². The number of aliphatic imine (C=N–C) groups is 1. The summed E-state index contributed by atoms with van der Waals surface area (Å²) < 4.78 is 6.60. The highest BCUT2D eigenvalue weighted by molar-refractivity contribution is 9.10. The number of oxazole rings is 1. The quantitative estimate of drug-likeness (QED) is 0.361. The van der Waals surface area contributed by atoms with E-state index in [1.807, 2.05) is 49.4 Å². The van der Waals surface area contributed by atoms with E-state index < -0.39 is 0 Å². The van der Waals surface area contributed by atoms with Crippen LogP contribution in [0.3, 0.4) is 0 Å². The lowest BCUT2D eigenvalue weighted by molar-refractivity contribution is 0.474. The molecule has 0 saturated carbocycles. The summed E-state index contributed by atoms with van der Waals surface area (Å²) in [5.74, 6) is 0.565. The molecule has 134 valence electrons. The Morgan fingerprint density at radius 3 is 2.67 bits per heavy atom. The van der Waals surface area contributed by atoms with Crippen molar-refractivity contribution in [2.75, 3.05) is 0 Å². The number of halogens is 2. The van der Waals surface area contributed by atoms with Crippen molar-refractivity contribution in [1.29, 1.82) is 0 Å². The average molecular weight is 442 g/mol. The van der Waals surface area contributed by atoms with Crippen molar-refractivity contribution in [1.82, 2.24) is 4.98 Å². The summed E-state index contributed by atoms with van der Waals surface area (Å²) in [7, 11) is 0. The van der Waals surface area contributed by atoms with Gasteiger partial charge in [0.15, 0.2) is 5.58 Å². The molecule has 0 radical (unpaired) electrons. The summed E-state index contributed by atoms with van der Waals surface area (Å²) in [5, 5.41) is 10.3. The van der Waals surface area contributed by atoms with Crippen LogP contribution in [0.1, 0.15) is 11.1 Å². The number of fused-ring (bicyclic) bond motifs is 1. The van der Waals surface area contributed by atoms with Gasteiger partial charge in [0.2, 0.25) is 5.89 Å². The highest BCUT2D eigenvalue weighted by atomic mass is 79.9. The predicted octanol–water partition coefficient (Wildman–Crippen LogP) is 6.68. The predicted molar refractivity (Wildman–Crippen MR) is 112 cm³/mol. The van der Waals surface area contributed by atoms with Crippen molar-refractivity contribution < 1.29 is 9.52 Å². The lowest BCUT2D eigenvalue weighted by Gasteiger charge is -2.02. The summed E-state index contributed by atoms with van der Waals surface area (Å²) in [4.78, 5) is 8.97. The number of hydrogen-bond acceptors (Lipinski definition) is 4. The lowest BCUT2D eigenvalue weighted by Crippen LogP contribution is -1.84. The summed E-state index contributed by atoms with van der Waals surface area (Å²) in [6, 6.07) is 16.9. The number of benzene rings is 3. The zero-order valence-corrected chi connectivity index (χ0v) is 16.6. The first-order valence-electron chi connectivity index (χ1n) is 8.19. The molecule has 0 unspecified atom stereocenters. The molecule has 0 spiro atoms. The standard InChI is InChI=1S/C21H14BrClN2O2/c1-12-2-4-13(5-3-12)21-25-18-10-16(6-7-19(18)27-21)24-11-14-8-15(22)9-17(23)20(14)26/h2-11,26H,1H3. The molecule has 27 heavy (non-hydrogen) atoms. The van der Waals surface area contributed by atoms with Crippen molar-refractivity contribution in [3.8, 4) is 17.2 Å². The Bertz CT molecular complexity index is 1170. The molecule has 0 amide bonds. The molecule has 1 aromatic heterocycles. The van der Waals surface area contributed by atoms with Gasteiger partial charge in [-0.3, -0.25) is 4.99 Å². The second kappa shape index (κ2) is 7.18. The van der Waals surface area contributed by atoms with E-state index in [0.29, 0.717) is 22.7 Å². The third-order valence-corrected chi connectivity index (χ3v) is 4.83. The third-order valence-electron chi connectivity index (χ3n) is 4.08. The van der Waals surface area contributed by atoms with Crippen LogP contribution < -0.4 is 0 Å². The monoisotopic (exact) mass is 440 g/mol. The fraction of sp³-hybridized carbons (Fsp3) is 0.0476. The Balaban J connectivity index is 1.67. The molecule has 0 bridgehead atoms. The van der Waals surface area contributed by atoms with Crippen LogP contribution in [0.5, 0.6) is 5.75 Å². The number of rotatable bonds is 3. The minimum absolute atomic E-state index is 0.00668. The molecule has 6 heteroatoms. The van der Waals surface area contributed by atoms with Gasteiger partial charge in [-0.25, -0.2) is 4.98 Å². The molecule has 0 saturated heterocycles. The van der Waals surface area contributed by atoms with E-state index in [4.69, 9.17) is 16.0 Å². The van der Waals surface area contributed by atoms with Gasteiger partial charge in [-0.05, 0) is 49.4 Å². The van der Waals surface area contributed by atoms with Gasteiger partial charge in [0.1, 0.15) is 11.3 Å². The summed E-state index contributed by atoms with van der Waals surface area (Å²) in [6.07, 6.45) is 1.56. The minimum Gasteiger partial charge on any atom is -0.506 e. The van der Waals surface area contributed by atoms with Gasteiger partial charge in [0, 0.05) is 21.8 Å². The molecule has 0 aliphatic carbocycles. The smallest absolute Gasteiger partial charge is 0.227 e. The van der Waals surface area contributed by atoms with E-state index in [1.165, 1.54) is 5.56 Å². The Morgan fingerprint density at radius 2 is 1.89 bits per heavy atom. The van der Waals surface area contributed by atoms with Crippen LogP contribution >= 0.6 is 27.5 Å². The highest BCUT2D eigenvalue weighted by Gasteiger charge is 2.09. The molecule has 1 N–H and O–H groups in total. The van der Waals surface area contributed by atoms with Crippen LogP contribution in [-0.4, -0.2) is 16.3 Å². The van der Waals surface area contributed by atoms with E-state index in [1.54, 1.807) is 18.3 Å². The highest BCUT2D eigenvalue weighted by Crippen LogP contribution is 2.31. The Kier molecular flexibility index (Phi) is 4.72. The summed E-state index contributed by atoms with van der Waals surface area (Å²) in [5.41, 5.74) is 4.74. The van der Waals surface area contributed by atoms with Gasteiger partial charge in [-0.1, -0.05) is 45.2 Å². The average Bonchev–Trinajstić information content (AvgIpc) is 3.07. The van der Waals surface area contributed by atoms with E-state index >= 15 is 0 Å². The summed E-state index contributed by atoms with van der Waals surface area (Å²) >= 11 is 9.34. The van der Waals surface area contributed by atoms with Crippen LogP contribution in [0, 0.1) is 6.92 Å². The molecule has 0 aliphatic rings.